The Labute approximate surface area is 175 Å². The largest absolute Gasteiger partial charge is 0.317 e. The Hall–Kier alpha value is -2.68. The first-order chi connectivity index (χ1) is 14.2. The number of nitriles is 1. The maximum Gasteiger partial charge on any atom is 0.226 e. The molecule has 5 heteroatoms. The Bertz CT molecular complexity index is 1070. The molecule has 0 unspecified atom stereocenters. The van der Waals surface area contributed by atoms with Crippen molar-refractivity contribution in [3.63, 3.8) is 0 Å². The van der Waals surface area contributed by atoms with E-state index < -0.39 is 0 Å². The van der Waals surface area contributed by atoms with Gasteiger partial charge in [-0.25, -0.2) is 0 Å². The fourth-order valence-corrected chi connectivity index (χ4v) is 5.36. The van der Waals surface area contributed by atoms with Crippen LogP contribution >= 0.6 is 11.3 Å². The average Bonchev–Trinajstić information content (AvgIpc) is 3.10. The highest BCUT2D eigenvalue weighted by Gasteiger charge is 2.21. The molecular formula is C24H25N3OS. The number of rotatable bonds is 6. The van der Waals surface area contributed by atoms with Gasteiger partial charge in [-0.05, 0) is 54.5 Å². The van der Waals surface area contributed by atoms with Crippen LogP contribution in [0.3, 0.4) is 0 Å². The Kier molecular flexibility index (Phi) is 5.94. The lowest BCUT2D eigenvalue weighted by atomic mass is 9.96. The molecule has 0 fully saturated rings. The van der Waals surface area contributed by atoms with Gasteiger partial charge in [0.2, 0.25) is 5.91 Å². The van der Waals surface area contributed by atoms with Crippen LogP contribution in [0.15, 0.2) is 42.5 Å². The Morgan fingerprint density at radius 2 is 1.97 bits per heavy atom. The highest BCUT2D eigenvalue weighted by atomic mass is 32.1. The van der Waals surface area contributed by atoms with Gasteiger partial charge in [-0.15, -0.1) is 11.3 Å². The molecule has 0 bridgehead atoms. The molecular weight excluding hydrogens is 378 g/mol. The van der Waals surface area contributed by atoms with Gasteiger partial charge in [-0.1, -0.05) is 42.5 Å². The Morgan fingerprint density at radius 3 is 2.83 bits per heavy atom. The Morgan fingerprint density at radius 1 is 1.17 bits per heavy atom. The van der Waals surface area contributed by atoms with Gasteiger partial charge in [0.25, 0.3) is 0 Å². The van der Waals surface area contributed by atoms with Crippen molar-refractivity contribution in [1.29, 1.82) is 5.26 Å². The Balaban J connectivity index is 1.36. The van der Waals surface area contributed by atoms with E-state index in [-0.39, 0.29) is 11.9 Å². The van der Waals surface area contributed by atoms with Crippen LogP contribution in [0.1, 0.15) is 53.8 Å². The van der Waals surface area contributed by atoms with Crippen LogP contribution in [0, 0.1) is 11.3 Å². The van der Waals surface area contributed by atoms with Crippen molar-refractivity contribution < 1.29 is 4.79 Å². The first-order valence-corrected chi connectivity index (χ1v) is 11.0. The highest BCUT2D eigenvalue weighted by Crippen LogP contribution is 2.37. The van der Waals surface area contributed by atoms with Crippen molar-refractivity contribution in [3.8, 4) is 6.07 Å². The second-order valence-electron chi connectivity index (χ2n) is 7.57. The van der Waals surface area contributed by atoms with Crippen molar-refractivity contribution in [2.24, 2.45) is 0 Å². The van der Waals surface area contributed by atoms with E-state index in [0.717, 1.165) is 29.8 Å². The first kappa shape index (κ1) is 19.6. The van der Waals surface area contributed by atoms with Crippen LogP contribution in [-0.2, 0) is 17.6 Å². The number of benzene rings is 2. The van der Waals surface area contributed by atoms with Gasteiger partial charge in [-0.3, -0.25) is 4.79 Å². The molecule has 0 spiro atoms. The third-order valence-corrected chi connectivity index (χ3v) is 6.84. The summed E-state index contributed by atoms with van der Waals surface area (Å²) in [5.41, 5.74) is 3.07. The van der Waals surface area contributed by atoms with E-state index in [1.54, 1.807) is 11.3 Å². The molecule has 0 aliphatic heterocycles. The van der Waals surface area contributed by atoms with Gasteiger partial charge in [0.05, 0.1) is 5.56 Å². The smallest absolute Gasteiger partial charge is 0.226 e. The van der Waals surface area contributed by atoms with Crippen LogP contribution < -0.4 is 10.6 Å². The van der Waals surface area contributed by atoms with Gasteiger partial charge in [0.15, 0.2) is 0 Å². The van der Waals surface area contributed by atoms with E-state index in [2.05, 4.69) is 60.0 Å². The first-order valence-electron chi connectivity index (χ1n) is 10.2. The maximum atomic E-state index is 12.5. The molecule has 1 aromatic heterocycles. The lowest BCUT2D eigenvalue weighted by Gasteiger charge is -2.16. The SMILES string of the molecule is C[C@H](NCCC(=O)Nc1sc2c(c1C#N)CCCC2)c1cccc2ccccc12. The molecule has 29 heavy (non-hydrogen) atoms. The zero-order valence-corrected chi connectivity index (χ0v) is 17.4. The summed E-state index contributed by atoms with van der Waals surface area (Å²) in [5, 5.41) is 19.2. The van der Waals surface area contributed by atoms with Gasteiger partial charge < -0.3 is 10.6 Å². The predicted octanol–water partition coefficient (Wildman–Crippen LogP) is 5.33. The third kappa shape index (κ3) is 4.19. The molecule has 2 N–H and O–H groups in total. The zero-order chi connectivity index (χ0) is 20.2. The summed E-state index contributed by atoms with van der Waals surface area (Å²) in [5.74, 6) is -0.0438. The number of thiophene rings is 1. The van der Waals surface area contributed by atoms with E-state index in [9.17, 15) is 10.1 Å². The van der Waals surface area contributed by atoms with E-state index >= 15 is 0 Å². The van der Waals surface area contributed by atoms with Crippen molar-refractivity contribution in [2.75, 3.05) is 11.9 Å². The molecule has 2 aromatic carbocycles. The fraction of sp³-hybridized carbons (Fsp3) is 0.333. The fourth-order valence-electron chi connectivity index (χ4n) is 4.10. The summed E-state index contributed by atoms with van der Waals surface area (Å²) >= 11 is 1.58. The second kappa shape index (κ2) is 8.77. The zero-order valence-electron chi connectivity index (χ0n) is 16.6. The molecule has 4 nitrogen and oxygen atoms in total. The topological polar surface area (TPSA) is 64.9 Å². The minimum absolute atomic E-state index is 0.0438. The molecule has 1 aliphatic rings. The number of amides is 1. The van der Waals surface area contributed by atoms with Gasteiger partial charge in [-0.2, -0.15) is 5.26 Å². The summed E-state index contributed by atoms with van der Waals surface area (Å²) in [4.78, 5) is 13.7. The summed E-state index contributed by atoms with van der Waals surface area (Å²) in [6.45, 7) is 2.71. The maximum absolute atomic E-state index is 12.5. The van der Waals surface area contributed by atoms with Crippen LogP contribution in [0.5, 0.6) is 0 Å². The monoisotopic (exact) mass is 403 g/mol. The predicted molar refractivity (Wildman–Crippen MR) is 119 cm³/mol. The molecule has 1 aliphatic carbocycles. The van der Waals surface area contributed by atoms with Crippen molar-refractivity contribution in [1.82, 2.24) is 5.32 Å². The van der Waals surface area contributed by atoms with Crippen LogP contribution in [0.4, 0.5) is 5.00 Å². The lowest BCUT2D eigenvalue weighted by molar-refractivity contribution is -0.116. The van der Waals surface area contributed by atoms with Gasteiger partial charge in [0.1, 0.15) is 11.1 Å². The molecule has 3 aromatic rings. The van der Waals surface area contributed by atoms with Gasteiger partial charge >= 0.3 is 0 Å². The molecule has 4 rings (SSSR count). The molecule has 1 heterocycles. The van der Waals surface area contributed by atoms with E-state index in [1.165, 1.54) is 27.6 Å². The number of hydrogen-bond donors (Lipinski definition) is 2. The number of hydrogen-bond acceptors (Lipinski definition) is 4. The van der Waals surface area contributed by atoms with Crippen molar-refractivity contribution >= 4 is 33.0 Å². The van der Waals surface area contributed by atoms with Crippen LogP contribution in [0.25, 0.3) is 10.8 Å². The minimum Gasteiger partial charge on any atom is -0.317 e. The molecule has 0 radical (unpaired) electrons. The van der Waals surface area contributed by atoms with Crippen LogP contribution in [0.2, 0.25) is 0 Å². The number of carbonyl (C=O) groups is 1. The molecule has 148 valence electrons. The molecule has 1 amide bonds. The number of nitrogens with zero attached hydrogens (tertiary/aromatic N) is 1. The molecule has 0 saturated heterocycles. The van der Waals surface area contributed by atoms with Gasteiger partial charge in [0, 0.05) is 23.9 Å². The number of carbonyl (C=O) groups excluding carboxylic acids is 1. The van der Waals surface area contributed by atoms with E-state index in [4.69, 9.17) is 0 Å². The highest BCUT2D eigenvalue weighted by molar-refractivity contribution is 7.16. The standard InChI is InChI=1S/C24H25N3OS/c1-16(18-11-6-8-17-7-2-3-9-19(17)18)26-14-13-23(28)27-24-21(15-25)20-10-4-5-12-22(20)29-24/h2-3,6-9,11,16,26H,4-5,10,12-14H2,1H3,(H,27,28)/t16-/m0/s1. The minimum atomic E-state index is -0.0438. The lowest BCUT2D eigenvalue weighted by Crippen LogP contribution is -2.24. The second-order valence-corrected chi connectivity index (χ2v) is 8.67. The number of nitrogens with one attached hydrogen (secondary N) is 2. The number of aryl methyl sites for hydroxylation is 1. The summed E-state index contributed by atoms with van der Waals surface area (Å²) in [7, 11) is 0. The van der Waals surface area contributed by atoms with Crippen LogP contribution in [-0.4, -0.2) is 12.5 Å². The van der Waals surface area contributed by atoms with E-state index in [1.807, 2.05) is 6.07 Å². The average molecular weight is 404 g/mol. The third-order valence-electron chi connectivity index (χ3n) is 5.63. The quantitative estimate of drug-likeness (QED) is 0.584. The summed E-state index contributed by atoms with van der Waals surface area (Å²) in [6, 6.07) is 17.1. The molecule has 1 atom stereocenters. The summed E-state index contributed by atoms with van der Waals surface area (Å²) < 4.78 is 0. The van der Waals surface area contributed by atoms with Crippen molar-refractivity contribution in [3.05, 3.63) is 64.0 Å². The normalized spacial score (nSPS) is 14.2. The molecule has 0 saturated carbocycles. The number of fused-ring (bicyclic) bond motifs is 2. The van der Waals surface area contributed by atoms with E-state index in [0.29, 0.717) is 18.5 Å². The van der Waals surface area contributed by atoms with Crippen molar-refractivity contribution in [2.45, 2.75) is 45.1 Å². The summed E-state index contributed by atoms with van der Waals surface area (Å²) in [6.07, 6.45) is 4.65. The number of anilines is 1.